The van der Waals surface area contributed by atoms with Gasteiger partial charge in [0.05, 0.1) is 30.4 Å². The van der Waals surface area contributed by atoms with Gasteiger partial charge in [0.2, 0.25) is 0 Å². The fourth-order valence-corrected chi connectivity index (χ4v) is 3.61. The molecule has 2 rings (SSSR count). The van der Waals surface area contributed by atoms with Crippen LogP contribution in [0.5, 0.6) is 0 Å². The van der Waals surface area contributed by atoms with Crippen molar-refractivity contribution in [1.29, 1.82) is 5.26 Å². The summed E-state index contributed by atoms with van der Waals surface area (Å²) >= 11 is 0. The quantitative estimate of drug-likeness (QED) is 0.651. The summed E-state index contributed by atoms with van der Waals surface area (Å²) < 4.78 is 5.11. The molecule has 2 atom stereocenters. The van der Waals surface area contributed by atoms with Crippen molar-refractivity contribution in [2.45, 2.75) is 53.4 Å². The minimum atomic E-state index is -0.458. The first-order valence-corrected chi connectivity index (χ1v) is 9.63. The van der Waals surface area contributed by atoms with Gasteiger partial charge in [-0.2, -0.15) is 5.26 Å². The molecule has 144 valence electrons. The van der Waals surface area contributed by atoms with Crippen LogP contribution in [0, 0.1) is 36.0 Å². The lowest BCUT2D eigenvalue weighted by Gasteiger charge is -2.32. The lowest BCUT2D eigenvalue weighted by Crippen LogP contribution is -2.32. The van der Waals surface area contributed by atoms with Crippen LogP contribution in [0.15, 0.2) is 40.5 Å². The normalized spacial score (nSPS) is 19.9. The number of ether oxygens (including phenoxy) is 1. The summed E-state index contributed by atoms with van der Waals surface area (Å²) in [6, 6.07) is 10.5. The molecule has 1 aromatic rings. The highest BCUT2D eigenvalue weighted by Crippen LogP contribution is 2.42. The fraction of sp³-hybridized carbons (Fsp3) is 0.522. The third-order valence-corrected chi connectivity index (χ3v) is 4.79. The highest BCUT2D eigenvalue weighted by atomic mass is 16.5. The van der Waals surface area contributed by atoms with Gasteiger partial charge in [0.15, 0.2) is 0 Å². The molecule has 2 unspecified atom stereocenters. The monoisotopic (exact) mass is 366 g/mol. The number of nitrogens with zero attached hydrogens (tertiary/aromatic N) is 2. The van der Waals surface area contributed by atoms with Crippen molar-refractivity contribution in [3.8, 4) is 6.07 Å². The van der Waals surface area contributed by atoms with Crippen LogP contribution < -0.4 is 0 Å². The number of carbonyl (C=O) groups is 1. The molecule has 1 heterocycles. The fourth-order valence-electron chi connectivity index (χ4n) is 3.61. The van der Waals surface area contributed by atoms with Crippen molar-refractivity contribution in [1.82, 2.24) is 0 Å². The zero-order chi connectivity index (χ0) is 20.1. The lowest BCUT2D eigenvalue weighted by molar-refractivity contribution is -0.136. The molecular formula is C23H30N2O2. The zero-order valence-electron chi connectivity index (χ0n) is 17.2. The van der Waals surface area contributed by atoms with E-state index in [2.05, 4.69) is 33.8 Å². The van der Waals surface area contributed by atoms with Gasteiger partial charge in [0.25, 0.3) is 0 Å². The van der Waals surface area contributed by atoms with Gasteiger partial charge >= 0.3 is 5.97 Å². The summed E-state index contributed by atoms with van der Waals surface area (Å²) in [5, 5.41) is 10.00. The highest BCUT2D eigenvalue weighted by molar-refractivity contribution is 5.99. The first-order chi connectivity index (χ1) is 12.8. The SMILES string of the molecule is COC(=O)C1=C(CC(C)C)N=C(CC(C)C)C(C#N)C1c1ccc(C)cc1. The van der Waals surface area contributed by atoms with E-state index in [4.69, 9.17) is 9.73 Å². The Morgan fingerprint density at radius 2 is 1.74 bits per heavy atom. The van der Waals surface area contributed by atoms with Crippen molar-refractivity contribution in [3.63, 3.8) is 0 Å². The van der Waals surface area contributed by atoms with Gasteiger partial charge in [-0.3, -0.25) is 4.99 Å². The smallest absolute Gasteiger partial charge is 0.336 e. The second-order valence-corrected chi connectivity index (χ2v) is 8.15. The van der Waals surface area contributed by atoms with Gasteiger partial charge in [0, 0.05) is 11.6 Å². The molecule has 4 nitrogen and oxygen atoms in total. The molecule has 0 bridgehead atoms. The third-order valence-electron chi connectivity index (χ3n) is 4.79. The molecule has 1 aliphatic rings. The number of esters is 1. The number of hydrogen-bond donors (Lipinski definition) is 0. The molecule has 1 aromatic carbocycles. The van der Waals surface area contributed by atoms with E-state index in [9.17, 15) is 10.1 Å². The van der Waals surface area contributed by atoms with E-state index < -0.39 is 5.92 Å². The Bertz CT molecular complexity index is 780. The van der Waals surface area contributed by atoms with Gasteiger partial charge < -0.3 is 4.74 Å². The molecule has 0 spiro atoms. The molecule has 27 heavy (non-hydrogen) atoms. The second kappa shape index (κ2) is 8.99. The van der Waals surface area contributed by atoms with Gasteiger partial charge in [-0.1, -0.05) is 57.5 Å². The predicted molar refractivity (Wildman–Crippen MR) is 108 cm³/mol. The standard InChI is InChI=1S/C23H30N2O2/c1-14(2)11-19-18(13-24)21(17-9-7-16(5)8-10-17)22(23(26)27-6)20(25-19)12-15(3)4/h7-10,14-15,18,21H,11-12H2,1-6H3. The van der Waals surface area contributed by atoms with E-state index in [0.717, 1.165) is 29.0 Å². The summed E-state index contributed by atoms with van der Waals surface area (Å²) in [6.07, 6.45) is 1.43. The molecule has 0 radical (unpaired) electrons. The largest absolute Gasteiger partial charge is 0.466 e. The van der Waals surface area contributed by atoms with Crippen molar-refractivity contribution < 1.29 is 9.53 Å². The highest BCUT2D eigenvalue weighted by Gasteiger charge is 2.39. The number of aliphatic imine (C=N–C) groups is 1. The molecule has 0 aliphatic carbocycles. The first-order valence-electron chi connectivity index (χ1n) is 9.63. The number of benzene rings is 1. The second-order valence-electron chi connectivity index (χ2n) is 8.15. The molecule has 0 saturated carbocycles. The Kier molecular flexibility index (Phi) is 6.96. The van der Waals surface area contributed by atoms with Gasteiger partial charge in [-0.05, 0) is 37.2 Å². The Morgan fingerprint density at radius 3 is 2.22 bits per heavy atom. The van der Waals surface area contributed by atoms with E-state index >= 15 is 0 Å². The van der Waals surface area contributed by atoms with E-state index in [1.54, 1.807) is 0 Å². The molecule has 1 aliphatic heterocycles. The van der Waals surface area contributed by atoms with Gasteiger partial charge in [0.1, 0.15) is 0 Å². The Hall–Kier alpha value is -2.41. The lowest BCUT2D eigenvalue weighted by atomic mass is 9.73. The number of carbonyl (C=O) groups excluding carboxylic acids is 1. The Labute approximate surface area is 163 Å². The van der Waals surface area contributed by atoms with E-state index in [1.807, 2.05) is 31.2 Å². The first kappa shape index (κ1) is 20.9. The van der Waals surface area contributed by atoms with Gasteiger partial charge in [-0.25, -0.2) is 4.79 Å². The molecule has 0 amide bonds. The molecule has 0 aromatic heterocycles. The topological polar surface area (TPSA) is 62.4 Å². The van der Waals surface area contributed by atoms with Crippen LogP contribution in [0.4, 0.5) is 0 Å². The molecule has 0 fully saturated rings. The number of aryl methyl sites for hydroxylation is 1. The van der Waals surface area contributed by atoms with E-state index in [0.29, 0.717) is 23.8 Å². The maximum absolute atomic E-state index is 12.7. The van der Waals surface area contributed by atoms with Crippen LogP contribution in [0.25, 0.3) is 0 Å². The summed E-state index contributed by atoms with van der Waals surface area (Å²) in [7, 11) is 1.39. The summed E-state index contributed by atoms with van der Waals surface area (Å²) in [6.45, 7) is 10.5. The molecular weight excluding hydrogens is 336 g/mol. The molecule has 0 saturated heterocycles. The summed E-state index contributed by atoms with van der Waals surface area (Å²) in [4.78, 5) is 17.6. The van der Waals surface area contributed by atoms with Crippen LogP contribution in [-0.4, -0.2) is 18.8 Å². The maximum atomic E-state index is 12.7. The number of nitriles is 1. The van der Waals surface area contributed by atoms with Crippen molar-refractivity contribution in [2.24, 2.45) is 22.7 Å². The molecule has 0 N–H and O–H groups in total. The zero-order valence-corrected chi connectivity index (χ0v) is 17.2. The number of methoxy groups -OCH3 is 1. The number of rotatable bonds is 6. The van der Waals surface area contributed by atoms with Crippen LogP contribution in [0.3, 0.4) is 0 Å². The Morgan fingerprint density at radius 1 is 1.15 bits per heavy atom. The minimum absolute atomic E-state index is 0.344. The summed E-state index contributed by atoms with van der Waals surface area (Å²) in [5.41, 5.74) is 4.29. The van der Waals surface area contributed by atoms with Crippen molar-refractivity contribution in [2.75, 3.05) is 7.11 Å². The van der Waals surface area contributed by atoms with Crippen LogP contribution in [0.2, 0.25) is 0 Å². The van der Waals surface area contributed by atoms with Crippen molar-refractivity contribution in [3.05, 3.63) is 46.7 Å². The average Bonchev–Trinajstić information content (AvgIpc) is 2.60. The minimum Gasteiger partial charge on any atom is -0.466 e. The Balaban J connectivity index is 2.71. The van der Waals surface area contributed by atoms with Gasteiger partial charge in [-0.15, -0.1) is 0 Å². The molecule has 4 heteroatoms. The predicted octanol–water partition coefficient (Wildman–Crippen LogP) is 5.19. The van der Waals surface area contributed by atoms with Crippen LogP contribution >= 0.6 is 0 Å². The number of allylic oxidation sites excluding steroid dienone is 1. The van der Waals surface area contributed by atoms with Crippen LogP contribution in [0.1, 0.15) is 57.6 Å². The van der Waals surface area contributed by atoms with Crippen LogP contribution in [-0.2, 0) is 9.53 Å². The number of hydrogen-bond acceptors (Lipinski definition) is 4. The van der Waals surface area contributed by atoms with E-state index in [-0.39, 0.29) is 11.9 Å². The van der Waals surface area contributed by atoms with Crippen molar-refractivity contribution >= 4 is 11.7 Å². The average molecular weight is 367 g/mol. The maximum Gasteiger partial charge on any atom is 0.336 e. The summed E-state index contributed by atoms with van der Waals surface area (Å²) in [5.74, 6) is -0.453. The van der Waals surface area contributed by atoms with E-state index in [1.165, 1.54) is 7.11 Å². The third kappa shape index (κ3) is 4.86.